The minimum absolute atomic E-state index is 0.0641. The van der Waals surface area contributed by atoms with E-state index in [4.69, 9.17) is 23.2 Å². The van der Waals surface area contributed by atoms with Crippen LogP contribution >= 0.6 is 23.2 Å². The number of anilines is 1. The number of hydrogen-bond acceptors (Lipinski definition) is 4. The summed E-state index contributed by atoms with van der Waals surface area (Å²) in [7, 11) is 0. The highest BCUT2D eigenvalue weighted by molar-refractivity contribution is 6.42. The number of halogens is 3. The summed E-state index contributed by atoms with van der Waals surface area (Å²) < 4.78 is 14.5. The number of nitrogens with zero attached hydrogens (tertiary/aromatic N) is 4. The minimum Gasteiger partial charge on any atom is -0.355 e. The van der Waals surface area contributed by atoms with Gasteiger partial charge in [0.15, 0.2) is 0 Å². The summed E-state index contributed by atoms with van der Waals surface area (Å²) >= 11 is 12.2. The lowest BCUT2D eigenvalue weighted by atomic mass is 9.97. The van der Waals surface area contributed by atoms with Crippen molar-refractivity contribution in [1.29, 1.82) is 5.26 Å². The first kappa shape index (κ1) is 18.0. The van der Waals surface area contributed by atoms with Crippen LogP contribution in [0.1, 0.15) is 12.8 Å². The van der Waals surface area contributed by atoms with Gasteiger partial charge in [-0.25, -0.2) is 14.4 Å². The van der Waals surface area contributed by atoms with Crippen LogP contribution in [0.2, 0.25) is 10.0 Å². The monoisotopic (exact) mass is 400 g/mol. The molecule has 3 aromatic rings. The molecule has 2 aromatic carbocycles. The molecule has 0 amide bonds. The maximum atomic E-state index is 14.5. The Hall–Kier alpha value is -2.42. The lowest BCUT2D eigenvalue weighted by Crippen LogP contribution is -2.35. The van der Waals surface area contributed by atoms with Crippen molar-refractivity contribution in [2.24, 2.45) is 5.92 Å². The first-order valence-electron chi connectivity index (χ1n) is 8.61. The molecule has 7 heteroatoms. The third kappa shape index (κ3) is 3.31. The number of piperidine rings is 1. The average Bonchev–Trinajstić information content (AvgIpc) is 2.70. The van der Waals surface area contributed by atoms with Crippen molar-refractivity contribution in [1.82, 2.24) is 9.97 Å². The number of hydrogen-bond donors (Lipinski definition) is 0. The average molecular weight is 401 g/mol. The summed E-state index contributed by atoms with van der Waals surface area (Å²) in [6, 6.07) is 10.7. The van der Waals surface area contributed by atoms with Crippen molar-refractivity contribution < 1.29 is 4.39 Å². The van der Waals surface area contributed by atoms with Gasteiger partial charge in [0.05, 0.1) is 27.4 Å². The topological polar surface area (TPSA) is 52.8 Å². The molecule has 0 saturated carbocycles. The predicted octanol–water partition coefficient (Wildman–Crippen LogP) is 5.48. The molecule has 4 nitrogen and oxygen atoms in total. The van der Waals surface area contributed by atoms with E-state index in [0.717, 1.165) is 30.5 Å². The summed E-state index contributed by atoms with van der Waals surface area (Å²) in [5.41, 5.74) is 1.83. The number of nitriles is 1. The third-order valence-electron chi connectivity index (χ3n) is 4.85. The Labute approximate surface area is 166 Å². The zero-order valence-electron chi connectivity index (χ0n) is 14.3. The van der Waals surface area contributed by atoms with Gasteiger partial charge in [-0.15, -0.1) is 0 Å². The van der Waals surface area contributed by atoms with Gasteiger partial charge in [0.1, 0.15) is 23.5 Å². The molecule has 0 aliphatic carbocycles. The number of benzene rings is 2. The fourth-order valence-corrected chi connectivity index (χ4v) is 3.84. The molecule has 0 spiro atoms. The van der Waals surface area contributed by atoms with E-state index in [2.05, 4.69) is 16.0 Å². The summed E-state index contributed by atoms with van der Waals surface area (Å²) in [5, 5.41) is 10.8. The summed E-state index contributed by atoms with van der Waals surface area (Å²) in [4.78, 5) is 10.7. The molecule has 0 N–H and O–H groups in total. The van der Waals surface area contributed by atoms with E-state index in [-0.39, 0.29) is 11.4 Å². The highest BCUT2D eigenvalue weighted by Gasteiger charge is 2.24. The fourth-order valence-electron chi connectivity index (χ4n) is 3.54. The standard InChI is InChI=1S/C20H15Cl2FN4/c21-15-5-3-13(8-16(15)22)14-4-6-17(23)19-18(14)20(26-11-25-19)27-7-1-2-12(9-24)10-27/h3-6,8,11-12H,1-2,7,10H2/t12-/m1/s1. The Balaban J connectivity index is 1.94. The molecule has 136 valence electrons. The molecule has 0 unspecified atom stereocenters. The second kappa shape index (κ2) is 7.30. The third-order valence-corrected chi connectivity index (χ3v) is 5.59. The fraction of sp³-hybridized carbons (Fsp3) is 0.250. The maximum Gasteiger partial charge on any atom is 0.149 e. The van der Waals surface area contributed by atoms with Crippen molar-refractivity contribution in [2.75, 3.05) is 18.0 Å². The highest BCUT2D eigenvalue weighted by Crippen LogP contribution is 2.38. The van der Waals surface area contributed by atoms with Gasteiger partial charge in [0.25, 0.3) is 0 Å². The molecular weight excluding hydrogens is 386 g/mol. The predicted molar refractivity (Wildman–Crippen MR) is 106 cm³/mol. The molecule has 1 atom stereocenters. The van der Waals surface area contributed by atoms with Gasteiger partial charge in [0, 0.05) is 13.1 Å². The molecule has 0 bridgehead atoms. The van der Waals surface area contributed by atoms with E-state index in [1.54, 1.807) is 18.2 Å². The lowest BCUT2D eigenvalue weighted by Gasteiger charge is -2.31. The molecule has 1 aliphatic rings. The zero-order valence-corrected chi connectivity index (χ0v) is 15.8. The van der Waals surface area contributed by atoms with Gasteiger partial charge in [-0.3, -0.25) is 0 Å². The first-order chi connectivity index (χ1) is 13.1. The Morgan fingerprint density at radius 3 is 2.78 bits per heavy atom. The summed E-state index contributed by atoms with van der Waals surface area (Å²) in [6.45, 7) is 1.33. The maximum absolute atomic E-state index is 14.5. The van der Waals surface area contributed by atoms with Crippen molar-refractivity contribution >= 4 is 39.9 Å². The van der Waals surface area contributed by atoms with E-state index < -0.39 is 5.82 Å². The molecule has 0 radical (unpaired) electrons. The molecule has 2 heterocycles. The highest BCUT2D eigenvalue weighted by atomic mass is 35.5. The van der Waals surface area contributed by atoms with Crippen LogP contribution in [0.15, 0.2) is 36.7 Å². The van der Waals surface area contributed by atoms with Crippen LogP contribution in [-0.2, 0) is 0 Å². The number of fused-ring (bicyclic) bond motifs is 1. The Morgan fingerprint density at radius 2 is 2.00 bits per heavy atom. The van der Waals surface area contributed by atoms with Crippen molar-refractivity contribution in [2.45, 2.75) is 12.8 Å². The number of rotatable bonds is 2. The Kier molecular flexibility index (Phi) is 4.86. The van der Waals surface area contributed by atoms with Gasteiger partial charge in [-0.2, -0.15) is 5.26 Å². The van der Waals surface area contributed by atoms with E-state index in [9.17, 15) is 9.65 Å². The van der Waals surface area contributed by atoms with E-state index in [0.29, 0.717) is 27.8 Å². The van der Waals surface area contributed by atoms with E-state index in [1.165, 1.54) is 12.4 Å². The SMILES string of the molecule is N#C[C@H]1CCCN(c2ncnc3c(F)ccc(-c4ccc(Cl)c(Cl)c4)c23)C1. The normalized spacial score (nSPS) is 17.1. The van der Waals surface area contributed by atoms with Crippen LogP contribution in [0.5, 0.6) is 0 Å². The zero-order chi connectivity index (χ0) is 19.0. The van der Waals surface area contributed by atoms with Gasteiger partial charge in [0.2, 0.25) is 0 Å². The van der Waals surface area contributed by atoms with Crippen LogP contribution in [0.4, 0.5) is 10.2 Å². The van der Waals surface area contributed by atoms with Gasteiger partial charge in [-0.05, 0) is 42.2 Å². The Bertz CT molecular complexity index is 1060. The quantitative estimate of drug-likeness (QED) is 0.571. The van der Waals surface area contributed by atoms with E-state index in [1.807, 2.05) is 11.0 Å². The summed E-state index contributed by atoms with van der Waals surface area (Å²) in [6.07, 6.45) is 3.13. The summed E-state index contributed by atoms with van der Waals surface area (Å²) in [5.74, 6) is 0.164. The van der Waals surface area contributed by atoms with Gasteiger partial charge >= 0.3 is 0 Å². The second-order valence-corrected chi connectivity index (χ2v) is 7.37. The first-order valence-corrected chi connectivity index (χ1v) is 9.37. The van der Waals surface area contributed by atoms with Crippen LogP contribution in [0.25, 0.3) is 22.0 Å². The molecule has 4 rings (SSSR count). The van der Waals surface area contributed by atoms with Crippen LogP contribution < -0.4 is 4.90 Å². The smallest absolute Gasteiger partial charge is 0.149 e. The Morgan fingerprint density at radius 1 is 1.15 bits per heavy atom. The van der Waals surface area contributed by atoms with Crippen molar-refractivity contribution in [3.8, 4) is 17.2 Å². The minimum atomic E-state index is -0.411. The van der Waals surface area contributed by atoms with Crippen LogP contribution in [0.3, 0.4) is 0 Å². The molecule has 1 fully saturated rings. The van der Waals surface area contributed by atoms with Gasteiger partial charge in [-0.1, -0.05) is 35.3 Å². The molecule has 1 saturated heterocycles. The number of aromatic nitrogens is 2. The van der Waals surface area contributed by atoms with Crippen LogP contribution in [-0.4, -0.2) is 23.1 Å². The van der Waals surface area contributed by atoms with Crippen molar-refractivity contribution in [3.05, 3.63) is 52.5 Å². The molecular formula is C20H15Cl2FN4. The molecule has 1 aromatic heterocycles. The molecule has 27 heavy (non-hydrogen) atoms. The second-order valence-electron chi connectivity index (χ2n) is 6.56. The molecule has 1 aliphatic heterocycles. The van der Waals surface area contributed by atoms with Crippen LogP contribution in [0, 0.1) is 23.1 Å². The van der Waals surface area contributed by atoms with Crippen molar-refractivity contribution in [3.63, 3.8) is 0 Å². The van der Waals surface area contributed by atoms with E-state index >= 15 is 0 Å². The van der Waals surface area contributed by atoms with Gasteiger partial charge < -0.3 is 4.90 Å². The lowest BCUT2D eigenvalue weighted by molar-refractivity contribution is 0.491. The largest absolute Gasteiger partial charge is 0.355 e.